The fourth-order valence-corrected chi connectivity index (χ4v) is 2.82. The number of aliphatic hydroxyl groups is 1. The molecule has 126 valence electrons. The van der Waals surface area contributed by atoms with Gasteiger partial charge in [-0.15, -0.1) is 0 Å². The maximum atomic E-state index is 12.8. The molecule has 0 saturated carbocycles. The van der Waals surface area contributed by atoms with Crippen LogP contribution in [0.2, 0.25) is 0 Å². The van der Waals surface area contributed by atoms with Crippen LogP contribution in [-0.2, 0) is 17.9 Å². The Morgan fingerprint density at radius 2 is 1.78 bits per heavy atom. The number of rotatable bonds is 7. The third-order valence-electron chi connectivity index (χ3n) is 3.69. The summed E-state index contributed by atoms with van der Waals surface area (Å²) in [5.41, 5.74) is 1.70. The molecule has 1 N–H and O–H groups in total. The van der Waals surface area contributed by atoms with Crippen molar-refractivity contribution < 1.29 is 9.90 Å². The molecular weight excluding hydrogens is 290 g/mol. The summed E-state index contributed by atoms with van der Waals surface area (Å²) in [6.45, 7) is 10.0. The summed E-state index contributed by atoms with van der Waals surface area (Å²) >= 11 is 0. The molecule has 0 saturated heterocycles. The zero-order chi connectivity index (χ0) is 17.0. The highest BCUT2D eigenvalue weighted by Crippen LogP contribution is 2.17. The Bertz CT molecular complexity index is 651. The predicted molar refractivity (Wildman–Crippen MR) is 91.9 cm³/mol. The van der Waals surface area contributed by atoms with Gasteiger partial charge in [0.25, 0.3) is 0 Å². The van der Waals surface area contributed by atoms with E-state index in [0.717, 1.165) is 24.1 Å². The molecular formula is C18H27N3O2. The summed E-state index contributed by atoms with van der Waals surface area (Å²) in [4.78, 5) is 19.1. The number of amides is 1. The van der Waals surface area contributed by atoms with Crippen molar-refractivity contribution >= 4 is 16.9 Å². The van der Waals surface area contributed by atoms with E-state index in [2.05, 4.69) is 32.7 Å². The lowest BCUT2D eigenvalue weighted by Crippen LogP contribution is -2.39. The second-order valence-corrected chi connectivity index (χ2v) is 6.85. The third-order valence-corrected chi connectivity index (χ3v) is 3.69. The maximum absolute atomic E-state index is 12.8. The van der Waals surface area contributed by atoms with Gasteiger partial charge in [0.1, 0.15) is 19.0 Å². The van der Waals surface area contributed by atoms with Crippen LogP contribution in [0.5, 0.6) is 0 Å². The zero-order valence-electron chi connectivity index (χ0n) is 14.5. The minimum Gasteiger partial charge on any atom is -0.388 e. The van der Waals surface area contributed by atoms with Crippen LogP contribution < -0.4 is 0 Å². The Balaban J connectivity index is 2.27. The van der Waals surface area contributed by atoms with Crippen molar-refractivity contribution in [2.45, 2.75) is 40.8 Å². The topological polar surface area (TPSA) is 58.4 Å². The fourth-order valence-electron chi connectivity index (χ4n) is 2.82. The SMILES string of the molecule is CC(C)CN(CC(C)C)C(=O)Cn1c(CO)nc2ccccc21. The minimum atomic E-state index is -0.170. The van der Waals surface area contributed by atoms with Crippen LogP contribution in [0.4, 0.5) is 0 Å². The number of carbonyl (C=O) groups is 1. The molecule has 2 aromatic rings. The van der Waals surface area contributed by atoms with Gasteiger partial charge in [0, 0.05) is 13.1 Å². The lowest BCUT2D eigenvalue weighted by molar-refractivity contribution is -0.132. The van der Waals surface area contributed by atoms with Gasteiger partial charge < -0.3 is 14.6 Å². The number of benzene rings is 1. The van der Waals surface area contributed by atoms with Crippen molar-refractivity contribution in [2.75, 3.05) is 13.1 Å². The summed E-state index contributed by atoms with van der Waals surface area (Å²) in [7, 11) is 0. The van der Waals surface area contributed by atoms with Gasteiger partial charge in [-0.1, -0.05) is 39.8 Å². The Hall–Kier alpha value is -1.88. The van der Waals surface area contributed by atoms with Crippen molar-refractivity contribution in [1.82, 2.24) is 14.5 Å². The molecule has 0 spiro atoms. The second kappa shape index (κ2) is 7.59. The first-order valence-corrected chi connectivity index (χ1v) is 8.25. The van der Waals surface area contributed by atoms with Crippen molar-refractivity contribution in [3.63, 3.8) is 0 Å². The number of aromatic nitrogens is 2. The fraction of sp³-hybridized carbons (Fsp3) is 0.556. The molecule has 23 heavy (non-hydrogen) atoms. The molecule has 5 nitrogen and oxygen atoms in total. The van der Waals surface area contributed by atoms with Crippen molar-refractivity contribution in [3.8, 4) is 0 Å². The van der Waals surface area contributed by atoms with Crippen LogP contribution in [0.3, 0.4) is 0 Å². The Kier molecular flexibility index (Phi) is 5.77. The highest BCUT2D eigenvalue weighted by Gasteiger charge is 2.19. The van der Waals surface area contributed by atoms with Gasteiger partial charge in [-0.25, -0.2) is 4.98 Å². The number of nitrogens with zero attached hydrogens (tertiary/aromatic N) is 3. The largest absolute Gasteiger partial charge is 0.388 e. The molecule has 0 fully saturated rings. The smallest absolute Gasteiger partial charge is 0.242 e. The first-order chi connectivity index (χ1) is 10.9. The van der Waals surface area contributed by atoms with Crippen molar-refractivity contribution in [3.05, 3.63) is 30.1 Å². The molecule has 1 aromatic carbocycles. The van der Waals surface area contributed by atoms with E-state index in [1.54, 1.807) is 0 Å². The summed E-state index contributed by atoms with van der Waals surface area (Å²) in [6, 6.07) is 7.66. The Morgan fingerprint density at radius 1 is 1.17 bits per heavy atom. The summed E-state index contributed by atoms with van der Waals surface area (Å²) in [5, 5.41) is 9.55. The quantitative estimate of drug-likeness (QED) is 0.854. The number of aliphatic hydroxyl groups excluding tert-OH is 1. The van der Waals surface area contributed by atoms with E-state index in [1.165, 1.54) is 0 Å². The monoisotopic (exact) mass is 317 g/mol. The van der Waals surface area contributed by atoms with Crippen molar-refractivity contribution in [2.24, 2.45) is 11.8 Å². The van der Waals surface area contributed by atoms with E-state index in [9.17, 15) is 9.90 Å². The molecule has 1 aromatic heterocycles. The van der Waals surface area contributed by atoms with Gasteiger partial charge in [0.15, 0.2) is 0 Å². The van der Waals surface area contributed by atoms with Gasteiger partial charge >= 0.3 is 0 Å². The van der Waals surface area contributed by atoms with Gasteiger partial charge in [-0.05, 0) is 24.0 Å². The van der Waals surface area contributed by atoms with E-state index in [-0.39, 0.29) is 19.1 Å². The van der Waals surface area contributed by atoms with Gasteiger partial charge in [0.2, 0.25) is 5.91 Å². The van der Waals surface area contributed by atoms with E-state index >= 15 is 0 Å². The van der Waals surface area contributed by atoms with Crippen LogP contribution in [0.15, 0.2) is 24.3 Å². The number of fused-ring (bicyclic) bond motifs is 1. The van der Waals surface area contributed by atoms with Crippen LogP contribution >= 0.6 is 0 Å². The van der Waals surface area contributed by atoms with E-state index < -0.39 is 0 Å². The molecule has 0 unspecified atom stereocenters. The molecule has 0 radical (unpaired) electrons. The number of para-hydroxylation sites is 2. The Labute approximate surface area is 137 Å². The normalized spacial score (nSPS) is 11.6. The molecule has 1 amide bonds. The number of carbonyl (C=O) groups excluding carboxylic acids is 1. The molecule has 0 aliphatic heterocycles. The van der Waals surface area contributed by atoms with E-state index in [1.807, 2.05) is 33.7 Å². The number of imidazole rings is 1. The third kappa shape index (κ3) is 4.32. The molecule has 2 rings (SSSR count). The first kappa shape index (κ1) is 17.5. The van der Waals surface area contributed by atoms with Gasteiger partial charge in [-0.3, -0.25) is 4.79 Å². The minimum absolute atomic E-state index is 0.0743. The first-order valence-electron chi connectivity index (χ1n) is 8.25. The summed E-state index contributed by atoms with van der Waals surface area (Å²) in [5.74, 6) is 1.46. The van der Waals surface area contributed by atoms with Crippen LogP contribution in [0.1, 0.15) is 33.5 Å². The average molecular weight is 317 g/mol. The number of hydrogen-bond donors (Lipinski definition) is 1. The zero-order valence-corrected chi connectivity index (χ0v) is 14.5. The van der Waals surface area contributed by atoms with Crippen LogP contribution in [0, 0.1) is 11.8 Å². The van der Waals surface area contributed by atoms with Gasteiger partial charge in [0.05, 0.1) is 11.0 Å². The maximum Gasteiger partial charge on any atom is 0.242 e. The Morgan fingerprint density at radius 3 is 2.35 bits per heavy atom. The lowest BCUT2D eigenvalue weighted by atomic mass is 10.1. The lowest BCUT2D eigenvalue weighted by Gasteiger charge is -2.27. The standard InChI is InChI=1S/C18H27N3O2/c1-13(2)9-20(10-14(3)4)18(23)11-21-16-8-6-5-7-15(16)19-17(21)12-22/h5-8,13-14,22H,9-12H2,1-4H3. The predicted octanol–water partition coefficient (Wildman–Crippen LogP) is 2.67. The number of hydrogen-bond acceptors (Lipinski definition) is 3. The molecule has 5 heteroatoms. The summed E-state index contributed by atoms with van der Waals surface area (Å²) < 4.78 is 1.82. The van der Waals surface area contributed by atoms with Crippen LogP contribution in [0.25, 0.3) is 11.0 Å². The molecule has 0 aliphatic rings. The average Bonchev–Trinajstić information content (AvgIpc) is 2.83. The van der Waals surface area contributed by atoms with Crippen molar-refractivity contribution in [1.29, 1.82) is 0 Å². The van der Waals surface area contributed by atoms with E-state index in [4.69, 9.17) is 0 Å². The summed E-state index contributed by atoms with van der Waals surface area (Å²) in [6.07, 6.45) is 0. The van der Waals surface area contributed by atoms with Gasteiger partial charge in [-0.2, -0.15) is 0 Å². The highest BCUT2D eigenvalue weighted by molar-refractivity contribution is 5.81. The van der Waals surface area contributed by atoms with E-state index in [0.29, 0.717) is 17.7 Å². The highest BCUT2D eigenvalue weighted by atomic mass is 16.3. The van der Waals surface area contributed by atoms with Crippen LogP contribution in [-0.4, -0.2) is 38.6 Å². The molecule has 0 aliphatic carbocycles. The molecule has 0 atom stereocenters. The molecule has 1 heterocycles. The second-order valence-electron chi connectivity index (χ2n) is 6.85. The molecule has 0 bridgehead atoms.